The molecule has 1 aromatic rings. The largest absolute Gasteiger partial charge is 0.481 e. The van der Waals surface area contributed by atoms with Gasteiger partial charge in [0.05, 0.1) is 5.56 Å². The van der Waals surface area contributed by atoms with Crippen LogP contribution in [0.2, 0.25) is 0 Å². The van der Waals surface area contributed by atoms with Crippen molar-refractivity contribution in [3.63, 3.8) is 0 Å². The second kappa shape index (κ2) is 10.5. The van der Waals surface area contributed by atoms with Gasteiger partial charge < -0.3 is 5.11 Å². The van der Waals surface area contributed by atoms with Crippen molar-refractivity contribution in [1.29, 1.82) is 0 Å². The molecule has 0 radical (unpaired) electrons. The first-order chi connectivity index (χ1) is 15.0. The summed E-state index contributed by atoms with van der Waals surface area (Å²) in [6.07, 6.45) is -17.5. The molecule has 1 aromatic carbocycles. The van der Waals surface area contributed by atoms with Gasteiger partial charge in [-0.2, -0.15) is 39.5 Å². The minimum atomic E-state index is -4.61. The number of carbonyl (C=O) groups is 1. The highest BCUT2D eigenvalue weighted by molar-refractivity contribution is 5.67. The van der Waals surface area contributed by atoms with Crippen LogP contribution < -0.4 is 0 Å². The lowest BCUT2D eigenvalue weighted by Crippen LogP contribution is -2.45. The molecule has 1 aliphatic rings. The van der Waals surface area contributed by atoms with Crippen LogP contribution in [0.25, 0.3) is 0 Å². The Morgan fingerprint density at radius 3 is 1.88 bits per heavy atom. The first-order valence-corrected chi connectivity index (χ1v) is 10.3. The van der Waals surface area contributed by atoms with Gasteiger partial charge in [-0.15, -0.1) is 0 Å². The van der Waals surface area contributed by atoms with Crippen LogP contribution in [0.3, 0.4) is 0 Å². The van der Waals surface area contributed by atoms with Crippen LogP contribution in [0.15, 0.2) is 24.3 Å². The number of nitrogens with zero attached hydrogens (tertiary/aromatic N) is 1. The number of halogens is 9. The number of benzene rings is 1. The van der Waals surface area contributed by atoms with Gasteiger partial charge in [-0.1, -0.05) is 12.1 Å². The van der Waals surface area contributed by atoms with Crippen molar-refractivity contribution in [3.8, 4) is 0 Å². The van der Waals surface area contributed by atoms with Gasteiger partial charge >= 0.3 is 24.5 Å². The van der Waals surface area contributed by atoms with Gasteiger partial charge in [0.25, 0.3) is 0 Å². The van der Waals surface area contributed by atoms with Crippen molar-refractivity contribution in [3.05, 3.63) is 35.4 Å². The minimum absolute atomic E-state index is 0.0457. The van der Waals surface area contributed by atoms with E-state index < -0.39 is 73.7 Å². The number of carboxylic acids is 1. The van der Waals surface area contributed by atoms with E-state index in [1.54, 1.807) is 0 Å². The third kappa shape index (κ3) is 9.05. The molecule has 0 aromatic heterocycles. The third-order valence-electron chi connectivity index (χ3n) is 5.83. The number of rotatable bonds is 8. The molecule has 2 atom stereocenters. The molecule has 1 heterocycles. The second-order valence-corrected chi connectivity index (χ2v) is 8.32. The smallest absolute Gasteiger partial charge is 0.416 e. The maximum absolute atomic E-state index is 12.9. The summed E-state index contributed by atoms with van der Waals surface area (Å²) in [5.41, 5.74) is -0.650. The Labute approximate surface area is 184 Å². The zero-order chi connectivity index (χ0) is 25.0. The Balaban J connectivity index is 2.35. The molecular formula is C21H24F9NO2. The Bertz CT molecular complexity index is 754. The van der Waals surface area contributed by atoms with Crippen molar-refractivity contribution in [1.82, 2.24) is 4.90 Å². The molecule has 0 amide bonds. The average molecular weight is 493 g/mol. The second-order valence-electron chi connectivity index (χ2n) is 8.32. The summed E-state index contributed by atoms with van der Waals surface area (Å²) in [5.74, 6) is -1.51. The fraction of sp³-hybridized carbons (Fsp3) is 0.667. The topological polar surface area (TPSA) is 40.5 Å². The van der Waals surface area contributed by atoms with Gasteiger partial charge in [-0.05, 0) is 55.8 Å². The standard InChI is InChI=1S/C21H24F9NO2/c22-19(23,24)8-5-16(6-9-20(25,26)27)31-10-7-13(12-18(32)33)11-17(31)14-1-3-15(4-2-14)21(28,29)30/h1-4,13,16-17H,5-12H2,(H,32,33)/t13?,17-/m0/s1. The van der Waals surface area contributed by atoms with E-state index in [2.05, 4.69) is 0 Å². The van der Waals surface area contributed by atoms with Crippen LogP contribution in [0.1, 0.15) is 62.1 Å². The van der Waals surface area contributed by atoms with Gasteiger partial charge in [0.1, 0.15) is 0 Å². The summed E-state index contributed by atoms with van der Waals surface area (Å²) in [6.45, 7) is 0.0457. The highest BCUT2D eigenvalue weighted by atomic mass is 19.4. The maximum atomic E-state index is 12.9. The highest BCUT2D eigenvalue weighted by Gasteiger charge is 2.39. The van der Waals surface area contributed by atoms with Gasteiger partial charge in [-0.25, -0.2) is 0 Å². The van der Waals surface area contributed by atoms with Gasteiger partial charge in [-0.3, -0.25) is 9.69 Å². The number of likely N-dealkylation sites (tertiary alicyclic amines) is 1. The molecule has 0 spiro atoms. The Hall–Kier alpha value is -1.98. The fourth-order valence-electron chi connectivity index (χ4n) is 4.28. The summed E-state index contributed by atoms with van der Waals surface area (Å²) < 4.78 is 116. The van der Waals surface area contributed by atoms with Crippen LogP contribution in [0.4, 0.5) is 39.5 Å². The number of alkyl halides is 9. The van der Waals surface area contributed by atoms with Gasteiger partial charge in [0, 0.05) is 31.3 Å². The van der Waals surface area contributed by atoms with Crippen molar-refractivity contribution in [2.45, 2.75) is 75.6 Å². The molecule has 188 valence electrons. The minimum Gasteiger partial charge on any atom is -0.481 e. The summed E-state index contributed by atoms with van der Waals surface area (Å²) in [7, 11) is 0. The highest BCUT2D eigenvalue weighted by Crippen LogP contribution is 2.41. The Kier molecular flexibility index (Phi) is 8.69. The van der Waals surface area contributed by atoms with Crippen LogP contribution in [0, 0.1) is 5.92 Å². The van der Waals surface area contributed by atoms with Crippen LogP contribution in [-0.2, 0) is 11.0 Å². The number of hydrogen-bond acceptors (Lipinski definition) is 2. The van der Waals surface area contributed by atoms with Crippen molar-refractivity contribution >= 4 is 5.97 Å². The Morgan fingerprint density at radius 2 is 1.45 bits per heavy atom. The van der Waals surface area contributed by atoms with Crippen molar-refractivity contribution in [2.24, 2.45) is 5.92 Å². The molecule has 1 fully saturated rings. The molecule has 0 aliphatic carbocycles. The van der Waals surface area contributed by atoms with E-state index in [-0.39, 0.29) is 25.8 Å². The molecule has 2 rings (SSSR count). The summed E-state index contributed by atoms with van der Waals surface area (Å²) in [4.78, 5) is 12.6. The molecular weight excluding hydrogens is 469 g/mol. The first kappa shape index (κ1) is 27.3. The predicted octanol–water partition coefficient (Wildman–Crippen LogP) is 6.99. The normalized spacial score (nSPS) is 20.9. The lowest BCUT2D eigenvalue weighted by Gasteiger charge is -2.44. The lowest BCUT2D eigenvalue weighted by molar-refractivity contribution is -0.148. The molecule has 0 saturated carbocycles. The van der Waals surface area contributed by atoms with E-state index in [9.17, 15) is 44.3 Å². The summed E-state index contributed by atoms with van der Waals surface area (Å²) in [5, 5.41) is 9.08. The summed E-state index contributed by atoms with van der Waals surface area (Å²) >= 11 is 0. The zero-order valence-corrected chi connectivity index (χ0v) is 17.4. The average Bonchev–Trinajstić information content (AvgIpc) is 2.66. The molecule has 1 unspecified atom stereocenters. The summed E-state index contributed by atoms with van der Waals surface area (Å²) in [6, 6.07) is 1.98. The van der Waals surface area contributed by atoms with Gasteiger partial charge in [0.2, 0.25) is 0 Å². The van der Waals surface area contributed by atoms with E-state index in [0.29, 0.717) is 5.56 Å². The molecule has 0 bridgehead atoms. The molecule has 33 heavy (non-hydrogen) atoms. The van der Waals surface area contributed by atoms with Crippen LogP contribution in [0.5, 0.6) is 0 Å². The Morgan fingerprint density at radius 1 is 0.939 bits per heavy atom. The maximum Gasteiger partial charge on any atom is 0.416 e. The van der Waals surface area contributed by atoms with E-state index >= 15 is 0 Å². The van der Waals surface area contributed by atoms with E-state index in [1.165, 1.54) is 4.90 Å². The SMILES string of the molecule is O=C(O)CC1CCN(C(CCC(F)(F)F)CCC(F)(F)F)[C@H](c2ccc(C(F)(F)F)cc2)C1. The molecule has 1 aliphatic heterocycles. The van der Waals surface area contributed by atoms with E-state index in [0.717, 1.165) is 24.3 Å². The number of aliphatic carboxylic acids is 1. The van der Waals surface area contributed by atoms with Crippen molar-refractivity contribution < 1.29 is 49.4 Å². The zero-order valence-electron chi connectivity index (χ0n) is 17.4. The first-order valence-electron chi connectivity index (χ1n) is 10.3. The monoisotopic (exact) mass is 493 g/mol. The van der Waals surface area contributed by atoms with Crippen LogP contribution in [-0.4, -0.2) is 40.9 Å². The predicted molar refractivity (Wildman–Crippen MR) is 100 cm³/mol. The number of carboxylic acid groups (broad SMARTS) is 1. The molecule has 1 saturated heterocycles. The molecule has 12 heteroatoms. The number of hydrogen-bond donors (Lipinski definition) is 1. The van der Waals surface area contributed by atoms with E-state index in [4.69, 9.17) is 5.11 Å². The van der Waals surface area contributed by atoms with Gasteiger partial charge in [0.15, 0.2) is 0 Å². The third-order valence-corrected chi connectivity index (χ3v) is 5.83. The molecule has 1 N–H and O–H groups in total. The quantitative estimate of drug-likeness (QED) is 0.397. The fourth-order valence-corrected chi connectivity index (χ4v) is 4.28. The number of piperidine rings is 1. The van der Waals surface area contributed by atoms with Crippen LogP contribution >= 0.6 is 0 Å². The van der Waals surface area contributed by atoms with E-state index in [1.807, 2.05) is 0 Å². The molecule has 3 nitrogen and oxygen atoms in total. The van der Waals surface area contributed by atoms with Crippen molar-refractivity contribution in [2.75, 3.05) is 6.54 Å². The lowest BCUT2D eigenvalue weighted by atomic mass is 9.83.